The second kappa shape index (κ2) is 7.29. The SMILES string of the molecule is O=C(NCC(O)c1ccccc1Cl)c1cccc(-n2cccn2)c1. The van der Waals surface area contributed by atoms with Crippen molar-refractivity contribution in [1.29, 1.82) is 0 Å². The van der Waals surface area contributed by atoms with E-state index in [1.54, 1.807) is 59.5 Å². The van der Waals surface area contributed by atoms with Crippen molar-refractivity contribution in [3.63, 3.8) is 0 Å². The van der Waals surface area contributed by atoms with E-state index in [2.05, 4.69) is 10.4 Å². The zero-order valence-electron chi connectivity index (χ0n) is 12.8. The first-order chi connectivity index (χ1) is 11.6. The van der Waals surface area contributed by atoms with Crippen molar-refractivity contribution in [2.24, 2.45) is 0 Å². The average Bonchev–Trinajstić information content (AvgIpc) is 3.14. The number of amides is 1. The van der Waals surface area contributed by atoms with Gasteiger partial charge in [0.1, 0.15) is 0 Å². The van der Waals surface area contributed by atoms with Crippen LogP contribution in [-0.4, -0.2) is 27.3 Å². The van der Waals surface area contributed by atoms with Gasteiger partial charge < -0.3 is 10.4 Å². The number of halogens is 1. The van der Waals surface area contributed by atoms with Gasteiger partial charge in [-0.3, -0.25) is 4.79 Å². The van der Waals surface area contributed by atoms with E-state index in [9.17, 15) is 9.90 Å². The van der Waals surface area contributed by atoms with E-state index in [0.29, 0.717) is 16.1 Å². The maximum Gasteiger partial charge on any atom is 0.251 e. The molecule has 2 N–H and O–H groups in total. The van der Waals surface area contributed by atoms with Gasteiger partial charge in [0.25, 0.3) is 5.91 Å². The lowest BCUT2D eigenvalue weighted by Crippen LogP contribution is -2.28. The van der Waals surface area contributed by atoms with Crippen molar-refractivity contribution < 1.29 is 9.90 Å². The van der Waals surface area contributed by atoms with Crippen LogP contribution in [0.15, 0.2) is 67.0 Å². The summed E-state index contributed by atoms with van der Waals surface area (Å²) in [6.07, 6.45) is 2.61. The van der Waals surface area contributed by atoms with Crippen LogP contribution >= 0.6 is 11.6 Å². The van der Waals surface area contributed by atoms with E-state index in [1.165, 1.54) is 0 Å². The summed E-state index contributed by atoms with van der Waals surface area (Å²) in [6, 6.07) is 15.9. The Labute approximate surface area is 144 Å². The zero-order chi connectivity index (χ0) is 16.9. The average molecular weight is 342 g/mol. The molecule has 1 amide bonds. The fourth-order valence-electron chi connectivity index (χ4n) is 2.36. The van der Waals surface area contributed by atoms with Crippen molar-refractivity contribution in [1.82, 2.24) is 15.1 Å². The Morgan fingerprint density at radius 1 is 1.21 bits per heavy atom. The highest BCUT2D eigenvalue weighted by Crippen LogP contribution is 2.22. The fourth-order valence-corrected chi connectivity index (χ4v) is 2.62. The van der Waals surface area contributed by atoms with Crippen molar-refractivity contribution >= 4 is 17.5 Å². The summed E-state index contributed by atoms with van der Waals surface area (Å²) in [5.74, 6) is -0.268. The quantitative estimate of drug-likeness (QED) is 0.749. The molecule has 0 spiro atoms. The molecule has 3 aromatic rings. The van der Waals surface area contributed by atoms with Gasteiger partial charge in [0, 0.05) is 35.1 Å². The molecular formula is C18H16ClN3O2. The number of hydrogen-bond acceptors (Lipinski definition) is 3. The van der Waals surface area contributed by atoms with Gasteiger partial charge in [0.05, 0.1) is 11.8 Å². The molecule has 6 heteroatoms. The lowest BCUT2D eigenvalue weighted by molar-refractivity contribution is 0.0916. The van der Waals surface area contributed by atoms with Gasteiger partial charge in [-0.15, -0.1) is 0 Å². The van der Waals surface area contributed by atoms with E-state index in [-0.39, 0.29) is 12.5 Å². The molecule has 0 saturated carbocycles. The standard InChI is InChI=1S/C18H16ClN3O2/c19-16-8-2-1-7-15(16)17(23)12-20-18(24)13-5-3-6-14(11-13)22-10-4-9-21-22/h1-11,17,23H,12H2,(H,20,24). The molecule has 1 unspecified atom stereocenters. The number of nitrogens with zero attached hydrogens (tertiary/aromatic N) is 2. The molecule has 1 atom stereocenters. The molecule has 3 rings (SSSR count). The van der Waals surface area contributed by atoms with Crippen molar-refractivity contribution in [3.8, 4) is 5.69 Å². The number of aromatic nitrogens is 2. The van der Waals surface area contributed by atoms with Gasteiger partial charge in [-0.2, -0.15) is 5.10 Å². The van der Waals surface area contributed by atoms with Crippen LogP contribution in [0.25, 0.3) is 5.69 Å². The fraction of sp³-hybridized carbons (Fsp3) is 0.111. The first-order valence-corrected chi connectivity index (χ1v) is 7.84. The number of aliphatic hydroxyl groups is 1. The third-order valence-corrected chi connectivity index (χ3v) is 3.94. The molecule has 0 aliphatic rings. The Hall–Kier alpha value is -2.63. The van der Waals surface area contributed by atoms with Crippen LogP contribution in [0.5, 0.6) is 0 Å². The summed E-state index contributed by atoms with van der Waals surface area (Å²) >= 11 is 6.05. The molecule has 0 radical (unpaired) electrons. The smallest absolute Gasteiger partial charge is 0.251 e. The molecule has 0 aliphatic heterocycles. The minimum Gasteiger partial charge on any atom is -0.387 e. The summed E-state index contributed by atoms with van der Waals surface area (Å²) in [4.78, 5) is 12.3. The first kappa shape index (κ1) is 16.2. The monoisotopic (exact) mass is 341 g/mol. The molecule has 0 fully saturated rings. The van der Waals surface area contributed by atoms with Crippen molar-refractivity contribution in [2.75, 3.05) is 6.54 Å². The van der Waals surface area contributed by atoms with Crippen LogP contribution in [-0.2, 0) is 0 Å². The normalized spacial score (nSPS) is 11.9. The van der Waals surface area contributed by atoms with Gasteiger partial charge in [-0.25, -0.2) is 4.68 Å². The van der Waals surface area contributed by atoms with Crippen LogP contribution in [0, 0.1) is 0 Å². The molecule has 5 nitrogen and oxygen atoms in total. The van der Waals surface area contributed by atoms with E-state index in [0.717, 1.165) is 5.69 Å². The Morgan fingerprint density at radius 2 is 2.04 bits per heavy atom. The van der Waals surface area contributed by atoms with Crippen LogP contribution in [0.3, 0.4) is 0 Å². The van der Waals surface area contributed by atoms with Gasteiger partial charge in [0.15, 0.2) is 0 Å². The highest BCUT2D eigenvalue weighted by Gasteiger charge is 2.13. The molecule has 0 bridgehead atoms. The third kappa shape index (κ3) is 3.64. The van der Waals surface area contributed by atoms with Gasteiger partial charge >= 0.3 is 0 Å². The lowest BCUT2D eigenvalue weighted by atomic mass is 10.1. The van der Waals surface area contributed by atoms with Gasteiger partial charge in [0.2, 0.25) is 0 Å². The molecular weight excluding hydrogens is 326 g/mol. The predicted molar refractivity (Wildman–Crippen MR) is 92.3 cm³/mol. The third-order valence-electron chi connectivity index (χ3n) is 3.60. The molecule has 24 heavy (non-hydrogen) atoms. The minimum atomic E-state index is -0.864. The number of carbonyl (C=O) groups excluding carboxylic acids is 1. The van der Waals surface area contributed by atoms with E-state index >= 15 is 0 Å². The summed E-state index contributed by atoms with van der Waals surface area (Å²) in [5.41, 5.74) is 1.87. The van der Waals surface area contributed by atoms with Crippen molar-refractivity contribution in [3.05, 3.63) is 83.1 Å². The summed E-state index contributed by atoms with van der Waals surface area (Å²) in [6.45, 7) is 0.0779. The summed E-state index contributed by atoms with van der Waals surface area (Å²) in [5, 5.41) is 17.5. The Bertz CT molecular complexity index is 834. The Kier molecular flexibility index (Phi) is 4.93. The number of benzene rings is 2. The van der Waals surface area contributed by atoms with Crippen LogP contribution in [0.2, 0.25) is 5.02 Å². The van der Waals surface area contributed by atoms with E-state index in [4.69, 9.17) is 11.6 Å². The highest BCUT2D eigenvalue weighted by atomic mass is 35.5. The lowest BCUT2D eigenvalue weighted by Gasteiger charge is -2.14. The highest BCUT2D eigenvalue weighted by molar-refractivity contribution is 6.31. The summed E-state index contributed by atoms with van der Waals surface area (Å²) < 4.78 is 1.68. The Morgan fingerprint density at radius 3 is 2.79 bits per heavy atom. The molecule has 0 saturated heterocycles. The first-order valence-electron chi connectivity index (χ1n) is 7.46. The predicted octanol–water partition coefficient (Wildman–Crippen LogP) is 2.99. The van der Waals surface area contributed by atoms with Gasteiger partial charge in [-0.05, 0) is 30.3 Å². The van der Waals surface area contributed by atoms with Crippen LogP contribution in [0.4, 0.5) is 0 Å². The van der Waals surface area contributed by atoms with Crippen LogP contribution in [0.1, 0.15) is 22.0 Å². The maximum atomic E-state index is 12.3. The molecule has 0 aliphatic carbocycles. The summed E-state index contributed by atoms with van der Waals surface area (Å²) in [7, 11) is 0. The van der Waals surface area contributed by atoms with Crippen molar-refractivity contribution in [2.45, 2.75) is 6.10 Å². The second-order valence-corrected chi connectivity index (χ2v) is 5.66. The zero-order valence-corrected chi connectivity index (χ0v) is 13.5. The van der Waals surface area contributed by atoms with Gasteiger partial charge in [-0.1, -0.05) is 35.9 Å². The molecule has 2 aromatic carbocycles. The van der Waals surface area contributed by atoms with Crippen LogP contribution < -0.4 is 5.32 Å². The molecule has 122 valence electrons. The number of rotatable bonds is 5. The Balaban J connectivity index is 1.67. The number of carbonyl (C=O) groups is 1. The number of aliphatic hydroxyl groups excluding tert-OH is 1. The molecule has 1 heterocycles. The molecule has 1 aromatic heterocycles. The second-order valence-electron chi connectivity index (χ2n) is 5.25. The number of hydrogen-bond donors (Lipinski definition) is 2. The maximum absolute atomic E-state index is 12.3. The minimum absolute atomic E-state index is 0.0779. The number of nitrogens with one attached hydrogen (secondary N) is 1. The van der Waals surface area contributed by atoms with E-state index in [1.807, 2.05) is 12.1 Å². The topological polar surface area (TPSA) is 67.2 Å². The van der Waals surface area contributed by atoms with E-state index < -0.39 is 6.10 Å². The largest absolute Gasteiger partial charge is 0.387 e.